The molecule has 0 aromatic heterocycles. The molecule has 0 amide bonds. The molecule has 0 saturated heterocycles. The topological polar surface area (TPSA) is 47.6 Å². The van der Waals surface area contributed by atoms with E-state index in [0.29, 0.717) is 5.92 Å². The van der Waals surface area contributed by atoms with Crippen molar-refractivity contribution in [3.8, 4) is 12.1 Å². The van der Waals surface area contributed by atoms with E-state index in [4.69, 9.17) is 10.5 Å². The fourth-order valence-electron chi connectivity index (χ4n) is 1.30. The molecule has 0 bridgehead atoms. The number of halogens is 1. The average Bonchev–Trinajstić information content (AvgIpc) is 2.76. The van der Waals surface area contributed by atoms with Crippen LogP contribution in [0.15, 0.2) is 0 Å². The van der Waals surface area contributed by atoms with Crippen LogP contribution in [0.2, 0.25) is 0 Å². The van der Waals surface area contributed by atoms with E-state index in [1.54, 1.807) is 0 Å². The van der Waals surface area contributed by atoms with Crippen LogP contribution in [-0.4, -0.2) is 5.33 Å². The molecule has 11 heavy (non-hydrogen) atoms. The lowest BCUT2D eigenvalue weighted by molar-refractivity contribution is 0.640. The third-order valence-electron chi connectivity index (χ3n) is 2.19. The number of hydrogen-bond donors (Lipinski definition) is 0. The second-order valence-corrected chi connectivity index (χ2v) is 3.72. The molecule has 0 aromatic carbocycles. The molecule has 1 saturated carbocycles. The molecular formula is C8H9BrN2. The largest absolute Gasteiger partial charge is 0.197 e. The second-order valence-electron chi connectivity index (χ2n) is 2.93. The lowest BCUT2D eigenvalue weighted by Gasteiger charge is -1.94. The van der Waals surface area contributed by atoms with Gasteiger partial charge >= 0.3 is 0 Å². The van der Waals surface area contributed by atoms with Gasteiger partial charge in [0.25, 0.3) is 0 Å². The van der Waals surface area contributed by atoms with Crippen LogP contribution in [0.3, 0.4) is 0 Å². The van der Waals surface area contributed by atoms with Crippen molar-refractivity contribution in [2.24, 2.45) is 11.3 Å². The molecule has 1 fully saturated rings. The van der Waals surface area contributed by atoms with Crippen LogP contribution < -0.4 is 0 Å². The summed E-state index contributed by atoms with van der Waals surface area (Å²) < 4.78 is 0. The summed E-state index contributed by atoms with van der Waals surface area (Å²) >= 11 is 3.32. The summed E-state index contributed by atoms with van der Waals surface area (Å²) in [6.45, 7) is 0. The van der Waals surface area contributed by atoms with Gasteiger partial charge in [-0.15, -0.1) is 0 Å². The van der Waals surface area contributed by atoms with Crippen molar-refractivity contribution >= 4 is 15.9 Å². The van der Waals surface area contributed by atoms with Gasteiger partial charge in [-0.3, -0.25) is 0 Å². The quantitative estimate of drug-likeness (QED) is 0.674. The zero-order chi connectivity index (χ0) is 8.32. The van der Waals surface area contributed by atoms with Crippen molar-refractivity contribution < 1.29 is 0 Å². The first kappa shape index (κ1) is 8.56. The molecule has 0 aromatic rings. The summed E-state index contributed by atoms with van der Waals surface area (Å²) in [7, 11) is 0. The van der Waals surface area contributed by atoms with Gasteiger partial charge in [-0.05, 0) is 25.2 Å². The minimum Gasteiger partial charge on any atom is -0.197 e. The predicted molar refractivity (Wildman–Crippen MR) is 44.8 cm³/mol. The van der Waals surface area contributed by atoms with Gasteiger partial charge in [0, 0.05) is 5.33 Å². The number of nitrogens with zero attached hydrogens (tertiary/aromatic N) is 2. The van der Waals surface area contributed by atoms with Gasteiger partial charge in [-0.2, -0.15) is 10.5 Å². The Kier molecular flexibility index (Phi) is 2.52. The van der Waals surface area contributed by atoms with Crippen LogP contribution in [0.5, 0.6) is 0 Å². The molecule has 0 heterocycles. The van der Waals surface area contributed by atoms with Gasteiger partial charge in [0.2, 0.25) is 0 Å². The first-order chi connectivity index (χ1) is 5.29. The molecule has 0 N–H and O–H groups in total. The maximum Gasteiger partial charge on any atom is 0.147 e. The number of hydrogen-bond acceptors (Lipinski definition) is 2. The molecule has 0 spiro atoms. The Labute approximate surface area is 74.9 Å². The average molecular weight is 213 g/mol. The highest BCUT2D eigenvalue weighted by Crippen LogP contribution is 2.53. The van der Waals surface area contributed by atoms with E-state index >= 15 is 0 Å². The second kappa shape index (κ2) is 3.24. The molecule has 58 valence electrons. The lowest BCUT2D eigenvalue weighted by Crippen LogP contribution is -1.96. The molecule has 2 nitrogen and oxygen atoms in total. The highest BCUT2D eigenvalue weighted by atomic mass is 79.9. The molecule has 1 atom stereocenters. The molecule has 1 aliphatic rings. The molecule has 0 radical (unpaired) electrons. The minimum absolute atomic E-state index is 0.343. The molecule has 3 heteroatoms. The van der Waals surface area contributed by atoms with Crippen LogP contribution in [0.1, 0.15) is 19.3 Å². The first-order valence-corrected chi connectivity index (χ1v) is 4.79. The zero-order valence-corrected chi connectivity index (χ0v) is 7.76. The number of alkyl halides is 1. The summed E-state index contributed by atoms with van der Waals surface area (Å²) in [6, 6.07) is 4.17. The third kappa shape index (κ3) is 1.54. The van der Waals surface area contributed by atoms with Crippen molar-refractivity contribution in [1.29, 1.82) is 10.5 Å². The van der Waals surface area contributed by atoms with Gasteiger partial charge in [0.1, 0.15) is 5.41 Å². The van der Waals surface area contributed by atoms with Crippen molar-refractivity contribution in [3.63, 3.8) is 0 Å². The fourth-order valence-corrected chi connectivity index (χ4v) is 1.62. The van der Waals surface area contributed by atoms with Gasteiger partial charge in [-0.1, -0.05) is 15.9 Å². The summed E-state index contributed by atoms with van der Waals surface area (Å²) in [5.74, 6) is 0.343. The Morgan fingerprint density at radius 3 is 2.45 bits per heavy atom. The van der Waals surface area contributed by atoms with Crippen molar-refractivity contribution in [2.45, 2.75) is 19.3 Å². The first-order valence-electron chi connectivity index (χ1n) is 3.67. The summed E-state index contributed by atoms with van der Waals surface area (Å²) in [6.07, 6.45) is 2.86. The third-order valence-corrected chi connectivity index (χ3v) is 2.75. The maximum absolute atomic E-state index is 8.64. The van der Waals surface area contributed by atoms with Crippen molar-refractivity contribution in [1.82, 2.24) is 0 Å². The standard InChI is InChI=1S/C8H9BrN2/c9-3-1-2-7-4-8(7,5-10)6-11/h7H,1-4H2. The van der Waals surface area contributed by atoms with E-state index in [1.165, 1.54) is 0 Å². The minimum atomic E-state index is -0.609. The normalized spacial score (nSPS) is 25.2. The van der Waals surface area contributed by atoms with E-state index in [0.717, 1.165) is 24.6 Å². The van der Waals surface area contributed by atoms with Gasteiger partial charge in [0.05, 0.1) is 12.1 Å². The Morgan fingerprint density at radius 2 is 2.09 bits per heavy atom. The van der Waals surface area contributed by atoms with Crippen LogP contribution >= 0.6 is 15.9 Å². The summed E-state index contributed by atoms with van der Waals surface area (Å²) in [4.78, 5) is 0. The lowest BCUT2D eigenvalue weighted by atomic mass is 10.1. The van der Waals surface area contributed by atoms with E-state index in [-0.39, 0.29) is 0 Å². The van der Waals surface area contributed by atoms with E-state index < -0.39 is 5.41 Å². The van der Waals surface area contributed by atoms with Gasteiger partial charge in [-0.25, -0.2) is 0 Å². The molecule has 1 unspecified atom stereocenters. The maximum atomic E-state index is 8.64. The van der Waals surface area contributed by atoms with E-state index in [2.05, 4.69) is 28.1 Å². The van der Waals surface area contributed by atoms with E-state index in [1.807, 2.05) is 0 Å². The number of nitriles is 2. The molecule has 1 aliphatic carbocycles. The summed E-state index contributed by atoms with van der Waals surface area (Å²) in [5, 5.41) is 18.3. The van der Waals surface area contributed by atoms with Crippen LogP contribution in [0.25, 0.3) is 0 Å². The highest BCUT2D eigenvalue weighted by molar-refractivity contribution is 9.09. The Morgan fingerprint density at radius 1 is 1.45 bits per heavy atom. The van der Waals surface area contributed by atoms with Gasteiger partial charge in [0.15, 0.2) is 0 Å². The van der Waals surface area contributed by atoms with Crippen molar-refractivity contribution in [2.75, 3.05) is 5.33 Å². The zero-order valence-electron chi connectivity index (χ0n) is 6.18. The Hall–Kier alpha value is -0.540. The monoisotopic (exact) mass is 212 g/mol. The smallest absolute Gasteiger partial charge is 0.147 e. The highest BCUT2D eigenvalue weighted by Gasteiger charge is 2.55. The van der Waals surface area contributed by atoms with E-state index in [9.17, 15) is 0 Å². The fraction of sp³-hybridized carbons (Fsp3) is 0.750. The predicted octanol–water partition coefficient (Wildman–Crippen LogP) is 2.21. The Balaban J connectivity index is 2.36. The van der Waals surface area contributed by atoms with Crippen LogP contribution in [-0.2, 0) is 0 Å². The number of rotatable bonds is 3. The Bertz CT molecular complexity index is 209. The molecule has 1 rings (SSSR count). The van der Waals surface area contributed by atoms with Crippen LogP contribution in [0, 0.1) is 34.0 Å². The summed E-state index contributed by atoms with van der Waals surface area (Å²) in [5.41, 5.74) is -0.609. The van der Waals surface area contributed by atoms with Gasteiger partial charge < -0.3 is 0 Å². The molecule has 0 aliphatic heterocycles. The SMILES string of the molecule is N#CC1(C#N)CC1CCCBr. The van der Waals surface area contributed by atoms with Crippen LogP contribution in [0.4, 0.5) is 0 Å². The van der Waals surface area contributed by atoms with Crippen molar-refractivity contribution in [3.05, 3.63) is 0 Å². The molecular weight excluding hydrogens is 204 g/mol.